The molecule has 0 saturated heterocycles. The summed E-state index contributed by atoms with van der Waals surface area (Å²) in [5, 5.41) is 6.15. The first-order chi connectivity index (χ1) is 15.1. The van der Waals surface area contributed by atoms with Crippen LogP contribution >= 0.6 is 11.3 Å². The van der Waals surface area contributed by atoms with Gasteiger partial charge in [0.25, 0.3) is 10.0 Å². The van der Waals surface area contributed by atoms with Crippen LogP contribution in [0.3, 0.4) is 0 Å². The van der Waals surface area contributed by atoms with Gasteiger partial charge in [0.05, 0.1) is 17.0 Å². The number of rotatable bonds is 6. The van der Waals surface area contributed by atoms with Crippen LogP contribution in [0.25, 0.3) is 10.6 Å². The number of hydrogen-bond acceptors (Lipinski definition) is 4. The predicted octanol–water partition coefficient (Wildman–Crippen LogP) is 5.62. The summed E-state index contributed by atoms with van der Waals surface area (Å²) in [7, 11) is -4.33. The van der Waals surface area contributed by atoms with E-state index in [2.05, 4.69) is 9.82 Å². The summed E-state index contributed by atoms with van der Waals surface area (Å²) in [6.45, 7) is 0.295. The highest BCUT2D eigenvalue weighted by Crippen LogP contribution is 2.35. The molecule has 4 aromatic rings. The molecule has 5 nitrogen and oxygen atoms in total. The fraction of sp³-hybridized carbons (Fsp3) is 0.0952. The lowest BCUT2D eigenvalue weighted by Gasteiger charge is -2.12. The van der Waals surface area contributed by atoms with E-state index < -0.39 is 33.3 Å². The van der Waals surface area contributed by atoms with Gasteiger partial charge in [0.2, 0.25) is 0 Å². The number of hydrogen-bond donors (Lipinski definition) is 1. The number of nitrogens with one attached hydrogen (secondary N) is 1. The van der Waals surface area contributed by atoms with Crippen molar-refractivity contribution in [3.05, 3.63) is 89.2 Å². The van der Waals surface area contributed by atoms with Crippen LogP contribution in [-0.4, -0.2) is 18.2 Å². The highest BCUT2D eigenvalue weighted by Gasteiger charge is 2.35. The molecule has 2 aromatic heterocycles. The van der Waals surface area contributed by atoms with Crippen LogP contribution in [0.5, 0.6) is 0 Å². The summed E-state index contributed by atoms with van der Waals surface area (Å²) in [5.74, 6) is -1.49. The Labute approximate surface area is 185 Å². The van der Waals surface area contributed by atoms with E-state index in [-0.39, 0.29) is 10.6 Å². The Balaban J connectivity index is 1.73. The van der Waals surface area contributed by atoms with Gasteiger partial charge in [0.15, 0.2) is 0 Å². The molecule has 0 unspecified atom stereocenters. The van der Waals surface area contributed by atoms with E-state index in [0.29, 0.717) is 23.6 Å². The molecule has 11 heteroatoms. The van der Waals surface area contributed by atoms with E-state index in [9.17, 15) is 26.0 Å². The van der Waals surface area contributed by atoms with E-state index in [1.165, 1.54) is 22.2 Å². The molecule has 1 N–H and O–H groups in total. The molecule has 2 heterocycles. The summed E-state index contributed by atoms with van der Waals surface area (Å²) in [6, 6.07) is 14.6. The number of halogens is 4. The third-order valence-corrected chi connectivity index (χ3v) is 6.74. The molecule has 2 aromatic carbocycles. The molecule has 0 aliphatic carbocycles. The fourth-order valence-electron chi connectivity index (χ4n) is 3.05. The molecule has 0 saturated carbocycles. The van der Waals surface area contributed by atoms with Crippen LogP contribution in [0.4, 0.5) is 23.2 Å². The topological polar surface area (TPSA) is 64.0 Å². The first-order valence-corrected chi connectivity index (χ1v) is 11.5. The van der Waals surface area contributed by atoms with E-state index >= 15 is 0 Å². The molecule has 0 amide bonds. The lowest BCUT2D eigenvalue weighted by atomic mass is 10.2. The molecule has 0 fully saturated rings. The molecular formula is C21H15F4N3O2S2. The van der Waals surface area contributed by atoms with Crippen molar-refractivity contribution >= 4 is 27.0 Å². The summed E-state index contributed by atoms with van der Waals surface area (Å²) >= 11 is 1.27. The third-order valence-electron chi connectivity index (χ3n) is 4.48. The number of aromatic nitrogens is 2. The number of alkyl halides is 3. The van der Waals surface area contributed by atoms with E-state index in [1.54, 1.807) is 17.5 Å². The van der Waals surface area contributed by atoms with Gasteiger partial charge < -0.3 is 0 Å². The Hall–Kier alpha value is -3.18. The molecule has 4 rings (SSSR count). The second-order valence-electron chi connectivity index (χ2n) is 6.80. The van der Waals surface area contributed by atoms with Gasteiger partial charge in [-0.2, -0.15) is 18.3 Å². The largest absolute Gasteiger partial charge is 0.419 e. The van der Waals surface area contributed by atoms with Crippen molar-refractivity contribution in [2.45, 2.75) is 17.6 Å². The normalized spacial score (nSPS) is 12.1. The number of nitrogens with zero attached hydrogens (tertiary/aromatic N) is 2. The zero-order valence-electron chi connectivity index (χ0n) is 16.2. The van der Waals surface area contributed by atoms with Crippen molar-refractivity contribution in [1.82, 2.24) is 9.78 Å². The van der Waals surface area contributed by atoms with Gasteiger partial charge in [-0.05, 0) is 35.2 Å². The van der Waals surface area contributed by atoms with Crippen LogP contribution < -0.4 is 4.72 Å². The quantitative estimate of drug-likeness (QED) is 0.364. The molecular weight excluding hydrogens is 466 g/mol. The van der Waals surface area contributed by atoms with Crippen molar-refractivity contribution in [2.24, 2.45) is 0 Å². The van der Waals surface area contributed by atoms with Crippen LogP contribution in [0, 0.1) is 5.82 Å². The maximum atomic E-state index is 13.6. The standard InChI is InChI=1S/C21H15F4N3O2S2/c22-17-9-8-15(11-16(17)21(23,24)25)27-32(29,30)19-13-28(12-14-5-2-1-3-6-14)26-20(19)18-7-4-10-31-18/h1-11,13,27H,12H2. The molecule has 0 spiro atoms. The van der Waals surface area contributed by atoms with Gasteiger partial charge in [-0.3, -0.25) is 9.40 Å². The highest BCUT2D eigenvalue weighted by molar-refractivity contribution is 7.92. The zero-order chi connectivity index (χ0) is 22.9. The zero-order valence-corrected chi connectivity index (χ0v) is 17.8. The summed E-state index contributed by atoms with van der Waals surface area (Å²) in [5.41, 5.74) is -0.915. The third kappa shape index (κ3) is 4.68. The van der Waals surface area contributed by atoms with Crippen LogP contribution in [0.2, 0.25) is 0 Å². The predicted molar refractivity (Wildman–Crippen MR) is 113 cm³/mol. The molecule has 0 aliphatic heterocycles. The Morgan fingerprint density at radius 1 is 1.03 bits per heavy atom. The highest BCUT2D eigenvalue weighted by atomic mass is 32.2. The van der Waals surface area contributed by atoms with Crippen molar-refractivity contribution in [3.8, 4) is 10.6 Å². The van der Waals surface area contributed by atoms with E-state index in [4.69, 9.17) is 0 Å². The lowest BCUT2D eigenvalue weighted by Crippen LogP contribution is -2.15. The average molecular weight is 481 g/mol. The van der Waals surface area contributed by atoms with Gasteiger partial charge in [-0.15, -0.1) is 11.3 Å². The summed E-state index contributed by atoms with van der Waals surface area (Å²) in [4.78, 5) is 0.376. The molecule has 0 bridgehead atoms. The minimum atomic E-state index is -4.96. The first-order valence-electron chi connectivity index (χ1n) is 9.18. The maximum absolute atomic E-state index is 13.6. The Morgan fingerprint density at radius 2 is 1.78 bits per heavy atom. The first kappa shape index (κ1) is 22.0. The van der Waals surface area contributed by atoms with Gasteiger partial charge in [0.1, 0.15) is 16.4 Å². The number of thiophene rings is 1. The smallest absolute Gasteiger partial charge is 0.279 e. The van der Waals surface area contributed by atoms with Gasteiger partial charge in [-0.1, -0.05) is 36.4 Å². The van der Waals surface area contributed by atoms with Gasteiger partial charge in [-0.25, -0.2) is 12.8 Å². The van der Waals surface area contributed by atoms with Crippen LogP contribution in [-0.2, 0) is 22.7 Å². The fourth-order valence-corrected chi connectivity index (χ4v) is 5.05. The second kappa shape index (κ2) is 8.40. The molecule has 0 aliphatic rings. The Morgan fingerprint density at radius 3 is 2.44 bits per heavy atom. The number of sulfonamides is 1. The molecule has 32 heavy (non-hydrogen) atoms. The van der Waals surface area contributed by atoms with E-state index in [0.717, 1.165) is 11.6 Å². The molecule has 0 radical (unpaired) electrons. The molecule has 0 atom stereocenters. The minimum absolute atomic E-state index is 0.168. The van der Waals surface area contributed by atoms with Crippen molar-refractivity contribution in [1.29, 1.82) is 0 Å². The minimum Gasteiger partial charge on any atom is -0.279 e. The van der Waals surface area contributed by atoms with Crippen LogP contribution in [0.15, 0.2) is 77.1 Å². The summed E-state index contributed by atoms with van der Waals surface area (Å²) < 4.78 is 82.4. The monoisotopic (exact) mass is 481 g/mol. The van der Waals surface area contributed by atoms with Gasteiger partial charge in [0, 0.05) is 11.9 Å². The summed E-state index contributed by atoms with van der Waals surface area (Å²) in [6.07, 6.45) is -3.65. The van der Waals surface area contributed by atoms with Crippen LogP contribution in [0.1, 0.15) is 11.1 Å². The Kier molecular flexibility index (Phi) is 5.78. The SMILES string of the molecule is O=S(=O)(Nc1ccc(F)c(C(F)(F)F)c1)c1cn(Cc2ccccc2)nc1-c1cccs1. The van der Waals surface area contributed by atoms with E-state index in [1.807, 2.05) is 30.3 Å². The maximum Gasteiger partial charge on any atom is 0.419 e. The second-order valence-corrected chi connectivity index (χ2v) is 9.40. The lowest BCUT2D eigenvalue weighted by molar-refractivity contribution is -0.139. The number of anilines is 1. The average Bonchev–Trinajstić information content (AvgIpc) is 3.39. The Bertz CT molecular complexity index is 1330. The number of benzene rings is 2. The van der Waals surface area contributed by atoms with Gasteiger partial charge >= 0.3 is 6.18 Å². The van der Waals surface area contributed by atoms with Crippen molar-refractivity contribution in [3.63, 3.8) is 0 Å². The van der Waals surface area contributed by atoms with Crippen molar-refractivity contribution < 1.29 is 26.0 Å². The molecule has 166 valence electrons. The van der Waals surface area contributed by atoms with Crippen molar-refractivity contribution in [2.75, 3.05) is 4.72 Å².